The number of nitrogens with zero attached hydrogens (tertiary/aromatic N) is 2. The van der Waals surface area contributed by atoms with Crippen LogP contribution in [0, 0.1) is 6.92 Å². The molecule has 1 aromatic carbocycles. The monoisotopic (exact) mass is 276 g/mol. The minimum Gasteiger partial charge on any atom is -0.497 e. The van der Waals surface area contributed by atoms with Crippen LogP contribution in [0.15, 0.2) is 40.0 Å². The zero-order valence-corrected chi connectivity index (χ0v) is 12.0. The molecule has 0 aliphatic heterocycles. The summed E-state index contributed by atoms with van der Waals surface area (Å²) in [4.78, 5) is 12.5. The Morgan fingerprint density at radius 1 is 1.32 bits per heavy atom. The van der Waals surface area contributed by atoms with Gasteiger partial charge in [-0.15, -0.1) is 11.8 Å². The van der Waals surface area contributed by atoms with Gasteiger partial charge in [0.05, 0.1) is 12.8 Å². The maximum atomic E-state index is 11.6. The molecule has 2 rings (SSSR count). The first-order valence-electron chi connectivity index (χ1n) is 5.91. The fourth-order valence-corrected chi connectivity index (χ4v) is 2.61. The topological polar surface area (TPSA) is 44.1 Å². The molecule has 0 bridgehead atoms. The highest BCUT2D eigenvalue weighted by atomic mass is 32.2. The zero-order valence-electron chi connectivity index (χ0n) is 11.2. The van der Waals surface area contributed by atoms with Crippen LogP contribution in [0.3, 0.4) is 0 Å². The molecule has 0 atom stereocenters. The molecule has 0 N–H and O–H groups in total. The predicted octanol–water partition coefficient (Wildman–Crippen LogP) is 2.39. The van der Waals surface area contributed by atoms with E-state index in [2.05, 4.69) is 5.10 Å². The molecule has 0 fully saturated rings. The molecule has 4 nitrogen and oxygen atoms in total. The van der Waals surface area contributed by atoms with Crippen molar-refractivity contribution in [2.45, 2.75) is 17.6 Å². The van der Waals surface area contributed by atoms with Gasteiger partial charge in [-0.2, -0.15) is 5.10 Å². The van der Waals surface area contributed by atoms with Crippen LogP contribution in [0.1, 0.15) is 11.3 Å². The number of hydrogen-bond acceptors (Lipinski definition) is 4. The van der Waals surface area contributed by atoms with Crippen LogP contribution < -0.4 is 10.3 Å². The van der Waals surface area contributed by atoms with Crippen molar-refractivity contribution < 1.29 is 4.74 Å². The summed E-state index contributed by atoms with van der Waals surface area (Å²) in [6, 6.07) is 9.55. The highest BCUT2D eigenvalue weighted by Gasteiger charge is 2.04. The number of benzene rings is 1. The van der Waals surface area contributed by atoms with Crippen molar-refractivity contribution in [3.8, 4) is 5.75 Å². The van der Waals surface area contributed by atoms with Crippen LogP contribution >= 0.6 is 11.8 Å². The van der Waals surface area contributed by atoms with Crippen molar-refractivity contribution in [3.63, 3.8) is 0 Å². The Morgan fingerprint density at radius 2 is 2.00 bits per heavy atom. The summed E-state index contributed by atoms with van der Waals surface area (Å²) < 4.78 is 6.47. The lowest BCUT2D eigenvalue weighted by Gasteiger charge is -2.06. The number of aryl methyl sites for hydroxylation is 2. The first kappa shape index (κ1) is 13.7. The van der Waals surface area contributed by atoms with E-state index >= 15 is 0 Å². The third-order valence-electron chi connectivity index (χ3n) is 2.78. The van der Waals surface area contributed by atoms with E-state index in [4.69, 9.17) is 4.74 Å². The lowest BCUT2D eigenvalue weighted by molar-refractivity contribution is 0.414. The minimum atomic E-state index is -0.0807. The van der Waals surface area contributed by atoms with E-state index in [1.54, 1.807) is 32.0 Å². The van der Waals surface area contributed by atoms with Gasteiger partial charge in [0, 0.05) is 23.8 Å². The first-order valence-corrected chi connectivity index (χ1v) is 6.89. The van der Waals surface area contributed by atoms with Crippen LogP contribution in [-0.2, 0) is 12.8 Å². The lowest BCUT2D eigenvalue weighted by Crippen LogP contribution is -2.19. The maximum absolute atomic E-state index is 11.6. The first-order chi connectivity index (χ1) is 9.10. The third-order valence-corrected chi connectivity index (χ3v) is 3.99. The van der Waals surface area contributed by atoms with Gasteiger partial charge < -0.3 is 4.74 Å². The summed E-state index contributed by atoms with van der Waals surface area (Å²) in [5.41, 5.74) is 1.98. The quantitative estimate of drug-likeness (QED) is 0.804. The SMILES string of the molecule is COc1ccc(CSc2cc(=O)n(C)nc2C)cc1. The number of thioether (sulfide) groups is 1. The minimum absolute atomic E-state index is 0.0807. The Balaban J connectivity index is 2.09. The molecule has 100 valence electrons. The van der Waals surface area contributed by atoms with Crippen LogP contribution in [0.25, 0.3) is 0 Å². The smallest absolute Gasteiger partial charge is 0.267 e. The molecule has 0 unspecified atom stereocenters. The van der Waals surface area contributed by atoms with Gasteiger partial charge in [0.15, 0.2) is 0 Å². The molecule has 19 heavy (non-hydrogen) atoms. The van der Waals surface area contributed by atoms with Crippen LogP contribution in [0.2, 0.25) is 0 Å². The normalized spacial score (nSPS) is 10.5. The largest absolute Gasteiger partial charge is 0.497 e. The van der Waals surface area contributed by atoms with E-state index in [1.165, 1.54) is 10.2 Å². The zero-order chi connectivity index (χ0) is 13.8. The summed E-state index contributed by atoms with van der Waals surface area (Å²) in [6.45, 7) is 1.91. The van der Waals surface area contributed by atoms with E-state index in [0.29, 0.717) is 0 Å². The van der Waals surface area contributed by atoms with E-state index in [1.807, 2.05) is 31.2 Å². The Labute approximate surface area is 116 Å². The maximum Gasteiger partial charge on any atom is 0.267 e. The van der Waals surface area contributed by atoms with Gasteiger partial charge >= 0.3 is 0 Å². The molecule has 0 radical (unpaired) electrons. The molecule has 1 aromatic heterocycles. The van der Waals surface area contributed by atoms with Gasteiger partial charge in [0.2, 0.25) is 0 Å². The molecule has 0 aliphatic carbocycles. The Kier molecular flexibility index (Phi) is 4.27. The number of rotatable bonds is 4. The third kappa shape index (κ3) is 3.38. The van der Waals surface area contributed by atoms with E-state index in [0.717, 1.165) is 22.1 Å². The number of methoxy groups -OCH3 is 1. The average molecular weight is 276 g/mol. The van der Waals surface area contributed by atoms with Crippen molar-refractivity contribution in [3.05, 3.63) is 51.9 Å². The standard InChI is InChI=1S/C14H16N2O2S/c1-10-13(8-14(17)16(2)15-10)19-9-11-4-6-12(18-3)7-5-11/h4-8H,9H2,1-3H3. The molecule has 0 spiro atoms. The van der Waals surface area contributed by atoms with Gasteiger partial charge in [-0.05, 0) is 24.6 Å². The molecule has 0 aliphatic rings. The Morgan fingerprint density at radius 3 is 2.63 bits per heavy atom. The van der Waals surface area contributed by atoms with E-state index in [-0.39, 0.29) is 5.56 Å². The van der Waals surface area contributed by atoms with Crippen molar-refractivity contribution >= 4 is 11.8 Å². The molecule has 0 saturated heterocycles. The molecular formula is C14H16N2O2S. The molecule has 0 saturated carbocycles. The van der Waals surface area contributed by atoms with Gasteiger partial charge in [-0.3, -0.25) is 4.79 Å². The number of aromatic nitrogens is 2. The van der Waals surface area contributed by atoms with Crippen LogP contribution in [0.4, 0.5) is 0 Å². The highest BCUT2D eigenvalue weighted by molar-refractivity contribution is 7.98. The van der Waals surface area contributed by atoms with Crippen LogP contribution in [-0.4, -0.2) is 16.9 Å². The summed E-state index contributed by atoms with van der Waals surface area (Å²) in [5, 5.41) is 4.18. The number of ether oxygens (including phenoxy) is 1. The molecule has 1 heterocycles. The summed E-state index contributed by atoms with van der Waals surface area (Å²) in [6.07, 6.45) is 0. The fraction of sp³-hybridized carbons (Fsp3) is 0.286. The fourth-order valence-electron chi connectivity index (χ4n) is 1.66. The van der Waals surface area contributed by atoms with Crippen molar-refractivity contribution in [2.75, 3.05) is 7.11 Å². The Bertz CT molecular complexity index is 620. The van der Waals surface area contributed by atoms with Crippen molar-refractivity contribution in [1.29, 1.82) is 0 Å². The van der Waals surface area contributed by atoms with E-state index in [9.17, 15) is 4.79 Å². The highest BCUT2D eigenvalue weighted by Crippen LogP contribution is 2.24. The molecule has 5 heteroatoms. The summed E-state index contributed by atoms with van der Waals surface area (Å²) in [5.74, 6) is 1.65. The molecular weight excluding hydrogens is 260 g/mol. The van der Waals surface area contributed by atoms with Gasteiger partial charge in [0.25, 0.3) is 5.56 Å². The molecule has 0 amide bonds. The summed E-state index contributed by atoms with van der Waals surface area (Å²) >= 11 is 1.62. The van der Waals surface area contributed by atoms with E-state index < -0.39 is 0 Å². The van der Waals surface area contributed by atoms with Gasteiger partial charge in [-0.25, -0.2) is 4.68 Å². The average Bonchev–Trinajstić information content (AvgIpc) is 2.42. The van der Waals surface area contributed by atoms with Gasteiger partial charge in [-0.1, -0.05) is 12.1 Å². The second-order valence-electron chi connectivity index (χ2n) is 4.19. The lowest BCUT2D eigenvalue weighted by atomic mass is 10.2. The number of hydrogen-bond donors (Lipinski definition) is 0. The van der Waals surface area contributed by atoms with Crippen molar-refractivity contribution in [2.24, 2.45) is 7.05 Å². The second-order valence-corrected chi connectivity index (χ2v) is 5.21. The summed E-state index contributed by atoms with van der Waals surface area (Å²) in [7, 11) is 3.31. The van der Waals surface area contributed by atoms with Crippen molar-refractivity contribution in [1.82, 2.24) is 9.78 Å². The second kappa shape index (κ2) is 5.93. The van der Waals surface area contributed by atoms with Crippen LogP contribution in [0.5, 0.6) is 5.75 Å². The van der Waals surface area contributed by atoms with Gasteiger partial charge in [0.1, 0.15) is 5.75 Å². The Hall–Kier alpha value is -1.75. The molecule has 2 aromatic rings. The predicted molar refractivity (Wildman–Crippen MR) is 76.8 cm³/mol.